The number of unbranched alkanes of at least 4 members (excludes halogenated alkanes) is 44. The van der Waals surface area contributed by atoms with E-state index in [0.29, 0.717) is 23.9 Å². The number of rotatable bonds is 65. The molecule has 0 aromatic rings. The van der Waals surface area contributed by atoms with Crippen molar-refractivity contribution in [2.45, 2.75) is 360 Å². The van der Waals surface area contributed by atoms with E-state index in [-0.39, 0.29) is 19.1 Å². The molecule has 0 spiro atoms. The van der Waals surface area contributed by atoms with Crippen LogP contribution in [0.4, 0.5) is 0 Å². The van der Waals surface area contributed by atoms with E-state index in [4.69, 9.17) is 9.05 Å². The number of phosphoric ester groups is 1. The van der Waals surface area contributed by atoms with Gasteiger partial charge in [-0.2, -0.15) is 0 Å². The predicted octanol–water partition coefficient (Wildman–Crippen LogP) is 22.2. The SMILES string of the molecule is CC/C=C\C/C=C\C/C=C\C/C=C\CCCCCCCCCCCCCCCCCCC(=O)NC(COP(=O)(O)OCC[N+](C)(C)C)C(O)CCCCCCCCCCCCCCCCCCCCCCCCCCCCCCC. The zero-order valence-corrected chi connectivity index (χ0v) is 55.0. The first-order chi connectivity index (χ1) is 39.0. The van der Waals surface area contributed by atoms with Gasteiger partial charge in [-0.05, 0) is 51.4 Å². The molecule has 0 saturated heterocycles. The van der Waals surface area contributed by atoms with Gasteiger partial charge in [0.1, 0.15) is 13.2 Å². The summed E-state index contributed by atoms with van der Waals surface area (Å²) in [5.41, 5.74) is 0. The number of aliphatic hydroxyl groups excluding tert-OH is 1. The van der Waals surface area contributed by atoms with Crippen molar-refractivity contribution in [1.82, 2.24) is 5.32 Å². The fourth-order valence-electron chi connectivity index (χ4n) is 10.7. The molecule has 3 N–H and O–H groups in total. The Labute approximate surface area is 499 Å². The number of aliphatic hydroxyl groups is 1. The monoisotopic (exact) mass is 1150 g/mol. The number of allylic oxidation sites excluding steroid dienone is 8. The van der Waals surface area contributed by atoms with E-state index in [0.717, 1.165) is 64.2 Å². The van der Waals surface area contributed by atoms with Crippen LogP contribution in [-0.2, 0) is 18.4 Å². The Morgan fingerprint density at radius 2 is 0.750 bits per heavy atom. The third kappa shape index (κ3) is 64.0. The van der Waals surface area contributed by atoms with Gasteiger partial charge in [-0.15, -0.1) is 0 Å². The third-order valence-electron chi connectivity index (χ3n) is 16.1. The maximum Gasteiger partial charge on any atom is 0.472 e. The molecule has 0 aliphatic carbocycles. The first-order valence-corrected chi connectivity index (χ1v) is 36.5. The zero-order valence-electron chi connectivity index (χ0n) is 54.1. The quantitative estimate of drug-likeness (QED) is 0.0243. The molecule has 472 valence electrons. The van der Waals surface area contributed by atoms with E-state index >= 15 is 0 Å². The number of quaternary nitrogens is 1. The van der Waals surface area contributed by atoms with Crippen LogP contribution >= 0.6 is 7.82 Å². The minimum absolute atomic E-state index is 0.0755. The molecule has 3 atom stereocenters. The number of phosphoric acid groups is 1. The summed E-state index contributed by atoms with van der Waals surface area (Å²) < 4.78 is 23.9. The number of amides is 1. The fraction of sp³-hybridized carbons (Fsp3) is 0.873. The molecule has 0 aromatic heterocycles. The van der Waals surface area contributed by atoms with Crippen LogP contribution < -0.4 is 5.32 Å². The number of nitrogens with one attached hydrogen (secondary N) is 1. The molecule has 8 nitrogen and oxygen atoms in total. The normalized spacial score (nSPS) is 13.9. The average molecular weight is 1150 g/mol. The van der Waals surface area contributed by atoms with Crippen LogP contribution in [-0.4, -0.2) is 73.4 Å². The van der Waals surface area contributed by atoms with Crippen molar-refractivity contribution in [2.24, 2.45) is 0 Å². The number of hydrogen-bond acceptors (Lipinski definition) is 5. The van der Waals surface area contributed by atoms with Gasteiger partial charge in [0.25, 0.3) is 0 Å². The molecule has 0 saturated carbocycles. The molecule has 1 amide bonds. The number of carbonyl (C=O) groups is 1. The molecule has 0 aliphatic heterocycles. The predicted molar refractivity (Wildman–Crippen MR) is 351 cm³/mol. The lowest BCUT2D eigenvalue weighted by Crippen LogP contribution is -2.46. The molecule has 0 aromatic carbocycles. The van der Waals surface area contributed by atoms with E-state index in [1.807, 2.05) is 21.1 Å². The van der Waals surface area contributed by atoms with Gasteiger partial charge in [0.15, 0.2) is 0 Å². The van der Waals surface area contributed by atoms with Crippen LogP contribution in [0.1, 0.15) is 348 Å². The van der Waals surface area contributed by atoms with Crippen LogP contribution in [0.2, 0.25) is 0 Å². The van der Waals surface area contributed by atoms with E-state index in [9.17, 15) is 19.4 Å². The summed E-state index contributed by atoms with van der Waals surface area (Å²) in [6.07, 6.45) is 83.6. The highest BCUT2D eigenvalue weighted by atomic mass is 31.2. The Bertz CT molecular complexity index is 1440. The summed E-state index contributed by atoms with van der Waals surface area (Å²) in [5, 5.41) is 14.2. The van der Waals surface area contributed by atoms with Gasteiger partial charge in [0, 0.05) is 6.42 Å². The summed E-state index contributed by atoms with van der Waals surface area (Å²) in [4.78, 5) is 23.5. The van der Waals surface area contributed by atoms with Crippen LogP contribution in [0.25, 0.3) is 0 Å². The minimum Gasteiger partial charge on any atom is -0.391 e. The van der Waals surface area contributed by atoms with Gasteiger partial charge >= 0.3 is 7.82 Å². The molecular weight excluding hydrogens is 1010 g/mol. The van der Waals surface area contributed by atoms with Crippen molar-refractivity contribution in [2.75, 3.05) is 40.9 Å². The number of nitrogens with zero attached hydrogens (tertiary/aromatic N) is 1. The Balaban J connectivity index is 4.02. The van der Waals surface area contributed by atoms with Crippen LogP contribution in [0.5, 0.6) is 0 Å². The van der Waals surface area contributed by atoms with E-state index in [2.05, 4.69) is 67.8 Å². The fourth-order valence-corrected chi connectivity index (χ4v) is 11.4. The molecule has 0 bridgehead atoms. The maximum atomic E-state index is 13.1. The topological polar surface area (TPSA) is 105 Å². The lowest BCUT2D eigenvalue weighted by molar-refractivity contribution is -0.870. The van der Waals surface area contributed by atoms with Gasteiger partial charge in [-0.1, -0.05) is 339 Å². The average Bonchev–Trinajstić information content (AvgIpc) is 3.42. The highest BCUT2D eigenvalue weighted by Crippen LogP contribution is 2.43. The van der Waals surface area contributed by atoms with Crippen molar-refractivity contribution < 1.29 is 32.9 Å². The van der Waals surface area contributed by atoms with E-state index in [1.54, 1.807) is 0 Å². The van der Waals surface area contributed by atoms with Crippen LogP contribution in [0, 0.1) is 0 Å². The van der Waals surface area contributed by atoms with Gasteiger partial charge in [0.2, 0.25) is 5.91 Å². The number of likely N-dealkylation sites (N-methyl/N-ethyl adjacent to an activating group) is 1. The van der Waals surface area contributed by atoms with Crippen molar-refractivity contribution in [1.29, 1.82) is 0 Å². The van der Waals surface area contributed by atoms with Gasteiger partial charge in [0.05, 0.1) is 39.9 Å². The molecule has 0 rings (SSSR count). The summed E-state index contributed by atoms with van der Waals surface area (Å²) in [6, 6.07) is -0.763. The molecule has 9 heteroatoms. The van der Waals surface area contributed by atoms with Crippen molar-refractivity contribution in [3.8, 4) is 0 Å². The molecule has 0 radical (unpaired) electrons. The van der Waals surface area contributed by atoms with Crippen LogP contribution in [0.15, 0.2) is 48.6 Å². The lowest BCUT2D eigenvalue weighted by Gasteiger charge is -2.26. The minimum atomic E-state index is -4.33. The number of hydrogen-bond donors (Lipinski definition) is 3. The Hall–Kier alpha value is -1.54. The highest BCUT2D eigenvalue weighted by Gasteiger charge is 2.28. The molecule has 0 heterocycles. The second-order valence-corrected chi connectivity index (χ2v) is 26.7. The van der Waals surface area contributed by atoms with Gasteiger partial charge in [-0.25, -0.2) is 4.57 Å². The van der Waals surface area contributed by atoms with E-state index < -0.39 is 20.0 Å². The molecular formula is C71H138N2O6P+. The first-order valence-electron chi connectivity index (χ1n) is 35.0. The molecule has 80 heavy (non-hydrogen) atoms. The highest BCUT2D eigenvalue weighted by molar-refractivity contribution is 7.47. The summed E-state index contributed by atoms with van der Waals surface area (Å²) in [6.45, 7) is 4.83. The van der Waals surface area contributed by atoms with Crippen molar-refractivity contribution in [3.63, 3.8) is 0 Å². The Kier molecular flexibility index (Phi) is 60.8. The summed E-state index contributed by atoms with van der Waals surface area (Å²) in [7, 11) is 1.63. The second kappa shape index (κ2) is 62.0. The summed E-state index contributed by atoms with van der Waals surface area (Å²) in [5.74, 6) is -0.139. The second-order valence-electron chi connectivity index (χ2n) is 25.2. The van der Waals surface area contributed by atoms with Crippen molar-refractivity contribution in [3.05, 3.63) is 48.6 Å². The van der Waals surface area contributed by atoms with E-state index in [1.165, 1.54) is 257 Å². The van der Waals surface area contributed by atoms with Crippen molar-refractivity contribution >= 4 is 13.7 Å². The standard InChI is InChI=1S/C71H137N2O6P/c1-6-8-10-12-14-16-18-20-22-24-26-28-30-32-34-36-38-40-42-44-46-48-50-52-54-56-58-60-62-64-70(74)69(68-79-80(76,77)78-67-66-73(3,4)5)72-71(75)65-63-61-59-57-55-53-51-49-47-45-43-41-39-37-35-33-31-29-27-25-23-21-19-17-15-13-11-9-7-2/h9,11,15,17,21,23,27,29,69-70,74H,6-8,10,12-14,16,18-20,22,24-26,28,30-68H2,1-5H3,(H-,72,75,76,77)/p+1/b11-9-,17-15-,23-21-,29-27-. The molecule has 0 aliphatic rings. The third-order valence-corrected chi connectivity index (χ3v) is 17.1. The molecule has 3 unspecified atom stereocenters. The Morgan fingerprint density at radius 3 is 1.10 bits per heavy atom. The van der Waals surface area contributed by atoms with Gasteiger partial charge < -0.3 is 19.8 Å². The van der Waals surface area contributed by atoms with Crippen LogP contribution in [0.3, 0.4) is 0 Å². The number of carbonyl (C=O) groups excluding carboxylic acids is 1. The lowest BCUT2D eigenvalue weighted by atomic mass is 10.0. The largest absolute Gasteiger partial charge is 0.472 e. The zero-order chi connectivity index (χ0) is 58.4. The smallest absolute Gasteiger partial charge is 0.391 e. The van der Waals surface area contributed by atoms with Gasteiger partial charge in [-0.3, -0.25) is 13.8 Å². The Morgan fingerprint density at radius 1 is 0.438 bits per heavy atom. The summed E-state index contributed by atoms with van der Waals surface area (Å²) >= 11 is 0. The first kappa shape index (κ1) is 78.5. The maximum absolute atomic E-state index is 13.1. The molecule has 0 fully saturated rings.